The van der Waals surface area contributed by atoms with Crippen LogP contribution < -0.4 is 14.2 Å². The van der Waals surface area contributed by atoms with Crippen LogP contribution in [0.3, 0.4) is 0 Å². The fraction of sp³-hybridized carbons (Fsp3) is 0.250. The van der Waals surface area contributed by atoms with Gasteiger partial charge in [-0.25, -0.2) is 4.98 Å². The van der Waals surface area contributed by atoms with Crippen molar-refractivity contribution in [1.29, 1.82) is 0 Å². The Hall–Kier alpha value is -3.44. The van der Waals surface area contributed by atoms with E-state index in [2.05, 4.69) is 17.2 Å². The molecular weight excluding hydrogens is 448 g/mol. The van der Waals surface area contributed by atoms with Crippen molar-refractivity contribution in [3.8, 4) is 17.2 Å². The molecule has 5 nitrogen and oxygen atoms in total. The first-order valence-electron chi connectivity index (χ1n) is 11.4. The zero-order valence-electron chi connectivity index (χ0n) is 19.4. The lowest BCUT2D eigenvalue weighted by Gasteiger charge is -2.13. The topological polar surface area (TPSA) is 45.5 Å². The largest absolute Gasteiger partial charge is 0.494 e. The highest BCUT2D eigenvalue weighted by molar-refractivity contribution is 6.30. The summed E-state index contributed by atoms with van der Waals surface area (Å²) < 4.78 is 19.7. The number of imidazole rings is 1. The Morgan fingerprint density at radius 3 is 2.59 bits per heavy atom. The molecule has 34 heavy (non-hydrogen) atoms. The third-order valence-corrected chi connectivity index (χ3v) is 5.81. The van der Waals surface area contributed by atoms with Crippen molar-refractivity contribution in [3.05, 3.63) is 95.8 Å². The third-order valence-electron chi connectivity index (χ3n) is 5.56. The zero-order chi connectivity index (χ0) is 23.8. The van der Waals surface area contributed by atoms with Crippen LogP contribution >= 0.6 is 11.6 Å². The Morgan fingerprint density at radius 2 is 1.79 bits per heavy atom. The number of para-hydroxylation sites is 2. The maximum atomic E-state index is 6.14. The van der Waals surface area contributed by atoms with E-state index in [0.717, 1.165) is 54.0 Å². The average Bonchev–Trinajstić information content (AvgIpc) is 3.21. The molecule has 6 heteroatoms. The van der Waals surface area contributed by atoms with Crippen molar-refractivity contribution in [1.82, 2.24) is 9.55 Å². The number of aryl methyl sites for hydroxylation is 1. The summed E-state index contributed by atoms with van der Waals surface area (Å²) in [4.78, 5) is 4.83. The average molecular weight is 477 g/mol. The Balaban J connectivity index is 1.41. The molecule has 0 amide bonds. The SMILES string of the molecule is C=CCc1ccc(OCc2nc3ccccc3n2CCCCOc2ccc(Cl)cc2)c(OC)c1. The lowest BCUT2D eigenvalue weighted by molar-refractivity contribution is 0.269. The highest BCUT2D eigenvalue weighted by Gasteiger charge is 2.13. The third kappa shape index (κ3) is 5.91. The van der Waals surface area contributed by atoms with Gasteiger partial charge in [0.05, 0.1) is 24.8 Å². The van der Waals surface area contributed by atoms with Crippen LogP contribution in [0.5, 0.6) is 17.2 Å². The van der Waals surface area contributed by atoms with Crippen LogP contribution in [0, 0.1) is 0 Å². The molecule has 0 unspecified atom stereocenters. The summed E-state index contributed by atoms with van der Waals surface area (Å²) in [5.41, 5.74) is 3.20. The molecule has 0 radical (unpaired) electrons. The Morgan fingerprint density at radius 1 is 0.971 bits per heavy atom. The van der Waals surface area contributed by atoms with E-state index < -0.39 is 0 Å². The van der Waals surface area contributed by atoms with Gasteiger partial charge in [-0.3, -0.25) is 0 Å². The maximum absolute atomic E-state index is 6.14. The van der Waals surface area contributed by atoms with E-state index in [1.54, 1.807) is 7.11 Å². The summed E-state index contributed by atoms with van der Waals surface area (Å²) in [6.45, 7) is 5.63. The summed E-state index contributed by atoms with van der Waals surface area (Å²) in [5, 5.41) is 0.708. The van der Waals surface area contributed by atoms with E-state index in [4.69, 9.17) is 30.8 Å². The summed E-state index contributed by atoms with van der Waals surface area (Å²) in [6.07, 6.45) is 4.54. The number of nitrogens with zero attached hydrogens (tertiary/aromatic N) is 2. The number of benzene rings is 3. The number of hydrogen-bond donors (Lipinski definition) is 0. The number of rotatable bonds is 12. The van der Waals surface area contributed by atoms with E-state index >= 15 is 0 Å². The predicted molar refractivity (Wildman–Crippen MR) is 137 cm³/mol. The number of unbranched alkanes of at least 4 members (excludes halogenated alkanes) is 1. The van der Waals surface area contributed by atoms with Crippen molar-refractivity contribution >= 4 is 22.6 Å². The Kier molecular flexibility index (Phi) is 8.10. The molecule has 4 rings (SSSR count). The maximum Gasteiger partial charge on any atom is 0.161 e. The highest BCUT2D eigenvalue weighted by Crippen LogP contribution is 2.29. The molecule has 176 valence electrons. The van der Waals surface area contributed by atoms with Crippen molar-refractivity contribution in [2.24, 2.45) is 0 Å². The van der Waals surface area contributed by atoms with Crippen molar-refractivity contribution in [3.63, 3.8) is 0 Å². The molecular formula is C28H29ClN2O3. The van der Waals surface area contributed by atoms with E-state index in [-0.39, 0.29) is 0 Å². The number of methoxy groups -OCH3 is 1. The second-order valence-corrected chi connectivity index (χ2v) is 8.38. The van der Waals surface area contributed by atoms with Gasteiger partial charge in [-0.2, -0.15) is 0 Å². The van der Waals surface area contributed by atoms with Crippen molar-refractivity contribution in [2.45, 2.75) is 32.4 Å². The van der Waals surface area contributed by atoms with Gasteiger partial charge in [0.25, 0.3) is 0 Å². The molecule has 0 atom stereocenters. The Labute approximate surface area is 205 Å². The normalized spacial score (nSPS) is 10.9. The van der Waals surface area contributed by atoms with E-state index in [0.29, 0.717) is 29.7 Å². The number of halogens is 1. The van der Waals surface area contributed by atoms with Gasteiger partial charge in [0, 0.05) is 11.6 Å². The van der Waals surface area contributed by atoms with Gasteiger partial charge in [-0.15, -0.1) is 6.58 Å². The first-order chi connectivity index (χ1) is 16.7. The highest BCUT2D eigenvalue weighted by atomic mass is 35.5. The van der Waals surface area contributed by atoms with E-state index in [9.17, 15) is 0 Å². The standard InChI is InChI=1S/C28H29ClN2O3/c1-3-8-21-11-16-26(27(19-21)32-2)34-20-28-30-24-9-4-5-10-25(24)31(28)17-6-7-18-33-23-14-12-22(29)13-15-23/h3-5,9-16,19H,1,6-8,17-18,20H2,2H3. The first kappa shape index (κ1) is 23.7. The molecule has 0 saturated carbocycles. The number of allylic oxidation sites excluding steroid dienone is 1. The minimum Gasteiger partial charge on any atom is -0.494 e. The number of hydrogen-bond acceptors (Lipinski definition) is 4. The molecule has 0 aliphatic rings. The van der Waals surface area contributed by atoms with E-state index in [1.165, 1.54) is 0 Å². The van der Waals surface area contributed by atoms with Crippen LogP contribution in [-0.2, 0) is 19.6 Å². The molecule has 1 aromatic heterocycles. The molecule has 1 heterocycles. The molecule has 0 bridgehead atoms. The number of fused-ring (bicyclic) bond motifs is 1. The van der Waals surface area contributed by atoms with Crippen molar-refractivity contribution in [2.75, 3.05) is 13.7 Å². The summed E-state index contributed by atoms with van der Waals surface area (Å²) in [5.74, 6) is 3.13. The fourth-order valence-corrected chi connectivity index (χ4v) is 3.97. The molecule has 0 fully saturated rings. The van der Waals surface area contributed by atoms with Gasteiger partial charge >= 0.3 is 0 Å². The van der Waals surface area contributed by atoms with Crippen LogP contribution in [0.15, 0.2) is 79.4 Å². The van der Waals surface area contributed by atoms with Gasteiger partial charge in [0.15, 0.2) is 11.5 Å². The molecule has 0 aliphatic carbocycles. The molecule has 0 aliphatic heterocycles. The monoisotopic (exact) mass is 476 g/mol. The molecule has 0 N–H and O–H groups in total. The summed E-state index contributed by atoms with van der Waals surface area (Å²) in [6, 6.07) is 21.6. The van der Waals surface area contributed by atoms with Crippen LogP contribution in [0.25, 0.3) is 11.0 Å². The first-order valence-corrected chi connectivity index (χ1v) is 11.8. The molecule has 0 spiro atoms. The predicted octanol–water partition coefficient (Wildman–Crippen LogP) is 6.87. The minimum atomic E-state index is 0.354. The Bertz CT molecular complexity index is 1230. The quantitative estimate of drug-likeness (QED) is 0.165. The van der Waals surface area contributed by atoms with Gasteiger partial charge in [0.2, 0.25) is 0 Å². The second-order valence-electron chi connectivity index (χ2n) is 7.94. The van der Waals surface area contributed by atoms with Crippen LogP contribution in [0.1, 0.15) is 24.2 Å². The lowest BCUT2D eigenvalue weighted by Crippen LogP contribution is -2.09. The fourth-order valence-electron chi connectivity index (χ4n) is 3.85. The van der Waals surface area contributed by atoms with Crippen LogP contribution in [-0.4, -0.2) is 23.3 Å². The summed E-state index contributed by atoms with van der Waals surface area (Å²) >= 11 is 5.93. The van der Waals surface area contributed by atoms with Gasteiger partial charge < -0.3 is 18.8 Å². The van der Waals surface area contributed by atoms with E-state index in [1.807, 2.05) is 66.7 Å². The number of aromatic nitrogens is 2. The van der Waals surface area contributed by atoms with Gasteiger partial charge in [-0.05, 0) is 73.4 Å². The molecule has 0 saturated heterocycles. The van der Waals surface area contributed by atoms with Gasteiger partial charge in [-0.1, -0.05) is 35.9 Å². The number of ether oxygens (including phenoxy) is 3. The molecule has 4 aromatic rings. The zero-order valence-corrected chi connectivity index (χ0v) is 20.1. The van der Waals surface area contributed by atoms with Crippen molar-refractivity contribution < 1.29 is 14.2 Å². The second kappa shape index (κ2) is 11.6. The van der Waals surface area contributed by atoms with Crippen LogP contribution in [0.4, 0.5) is 0 Å². The minimum absolute atomic E-state index is 0.354. The molecule has 3 aromatic carbocycles. The smallest absolute Gasteiger partial charge is 0.161 e. The van der Waals surface area contributed by atoms with Gasteiger partial charge in [0.1, 0.15) is 18.2 Å². The van der Waals surface area contributed by atoms with Crippen LogP contribution in [0.2, 0.25) is 5.02 Å². The lowest BCUT2D eigenvalue weighted by atomic mass is 10.1. The summed E-state index contributed by atoms with van der Waals surface area (Å²) in [7, 11) is 1.65.